The summed E-state index contributed by atoms with van der Waals surface area (Å²) in [4.78, 5) is 21.7. The quantitative estimate of drug-likeness (QED) is 0.580. The minimum Gasteiger partial charge on any atom is -0.352 e. The fourth-order valence-electron chi connectivity index (χ4n) is 4.47. The maximum absolute atomic E-state index is 12.5. The lowest BCUT2D eigenvalue weighted by atomic mass is 9.78. The molecule has 7 heteroatoms. The van der Waals surface area contributed by atoms with Crippen molar-refractivity contribution in [2.75, 3.05) is 5.75 Å². The van der Waals surface area contributed by atoms with Gasteiger partial charge in [-0.25, -0.2) is 9.50 Å². The molecule has 1 aliphatic rings. The Kier molecular flexibility index (Phi) is 6.60. The average Bonchev–Trinajstić information content (AvgIpc) is 3.17. The Labute approximate surface area is 188 Å². The Balaban J connectivity index is 1.44. The topological polar surface area (TPSA) is 72.2 Å². The second kappa shape index (κ2) is 9.39. The summed E-state index contributed by atoms with van der Waals surface area (Å²) >= 11 is 1.37. The summed E-state index contributed by atoms with van der Waals surface area (Å²) in [6.07, 6.45) is 4.32. The number of nitrogens with zero attached hydrogens (tertiary/aromatic N) is 4. The number of rotatable bonds is 6. The minimum absolute atomic E-state index is 0.0560. The van der Waals surface area contributed by atoms with E-state index in [2.05, 4.69) is 65.4 Å². The van der Waals surface area contributed by atoms with Gasteiger partial charge in [0.1, 0.15) is 0 Å². The molecule has 0 bridgehead atoms. The van der Waals surface area contributed by atoms with Crippen molar-refractivity contribution in [3.8, 4) is 0 Å². The van der Waals surface area contributed by atoms with Gasteiger partial charge < -0.3 is 5.32 Å². The van der Waals surface area contributed by atoms with Crippen molar-refractivity contribution in [2.45, 2.75) is 64.6 Å². The first-order chi connectivity index (χ1) is 14.9. The van der Waals surface area contributed by atoms with Gasteiger partial charge in [0.05, 0.1) is 5.75 Å². The molecule has 0 aliphatic heterocycles. The van der Waals surface area contributed by atoms with Crippen molar-refractivity contribution in [1.29, 1.82) is 0 Å². The number of hydrogen-bond donors (Lipinski definition) is 1. The highest BCUT2D eigenvalue weighted by Crippen LogP contribution is 2.29. The zero-order valence-electron chi connectivity index (χ0n) is 18.8. The Morgan fingerprint density at radius 3 is 2.71 bits per heavy atom. The zero-order chi connectivity index (χ0) is 22.0. The minimum atomic E-state index is 0.0560. The van der Waals surface area contributed by atoms with Gasteiger partial charge in [0, 0.05) is 23.9 Å². The van der Waals surface area contributed by atoms with Crippen molar-refractivity contribution in [2.24, 2.45) is 11.8 Å². The van der Waals surface area contributed by atoms with Crippen molar-refractivity contribution >= 4 is 23.4 Å². The van der Waals surface area contributed by atoms with E-state index in [4.69, 9.17) is 0 Å². The molecule has 1 aromatic carbocycles. The monoisotopic (exact) mass is 437 g/mol. The molecular weight excluding hydrogens is 406 g/mol. The molecule has 0 radical (unpaired) electrons. The standard InChI is InChI=1S/C24H31N5OS/c1-15-9-8-12-21(16(15)2)26-22(30)14-31-24-27-23-25-17(3)20(18(4)29(23)28-24)13-19-10-6-5-7-11-19/h5-7,10-11,15-16,21H,8-9,12-14H2,1-4H3,(H,26,30). The van der Waals surface area contributed by atoms with Gasteiger partial charge in [-0.3, -0.25) is 4.79 Å². The second-order valence-electron chi connectivity index (χ2n) is 8.76. The SMILES string of the molecule is Cc1nc2nc(SCC(=O)NC3CCCC(C)C3C)nn2c(C)c1Cc1ccccc1. The molecule has 1 aliphatic carbocycles. The largest absolute Gasteiger partial charge is 0.352 e. The van der Waals surface area contributed by atoms with E-state index in [-0.39, 0.29) is 11.9 Å². The predicted molar refractivity (Wildman–Crippen MR) is 124 cm³/mol. The lowest BCUT2D eigenvalue weighted by Gasteiger charge is -2.34. The van der Waals surface area contributed by atoms with Crippen LogP contribution in [0.2, 0.25) is 0 Å². The Morgan fingerprint density at radius 2 is 1.94 bits per heavy atom. The number of benzene rings is 1. The number of aromatic nitrogens is 4. The molecule has 0 saturated heterocycles. The highest BCUT2D eigenvalue weighted by atomic mass is 32.2. The highest BCUT2D eigenvalue weighted by Gasteiger charge is 2.28. The van der Waals surface area contributed by atoms with Crippen LogP contribution >= 0.6 is 11.8 Å². The summed E-state index contributed by atoms with van der Waals surface area (Å²) in [5, 5.41) is 8.44. The number of hydrogen-bond acceptors (Lipinski definition) is 5. The lowest BCUT2D eigenvalue weighted by molar-refractivity contribution is -0.120. The Morgan fingerprint density at radius 1 is 1.16 bits per heavy atom. The molecule has 164 valence electrons. The molecule has 2 aromatic heterocycles. The van der Waals surface area contributed by atoms with E-state index >= 15 is 0 Å². The van der Waals surface area contributed by atoms with Gasteiger partial charge in [-0.05, 0) is 43.2 Å². The number of carbonyl (C=O) groups excluding carboxylic acids is 1. The molecule has 0 spiro atoms. The van der Waals surface area contributed by atoms with Crippen LogP contribution in [0.5, 0.6) is 0 Å². The van der Waals surface area contributed by atoms with Crippen LogP contribution in [-0.4, -0.2) is 37.3 Å². The number of thioether (sulfide) groups is 1. The molecule has 1 N–H and O–H groups in total. The van der Waals surface area contributed by atoms with Gasteiger partial charge in [0.25, 0.3) is 5.78 Å². The predicted octanol–water partition coefficient (Wildman–Crippen LogP) is 4.36. The molecule has 31 heavy (non-hydrogen) atoms. The van der Waals surface area contributed by atoms with Crippen LogP contribution in [0.1, 0.15) is 55.6 Å². The summed E-state index contributed by atoms with van der Waals surface area (Å²) in [5.41, 5.74) is 4.42. The van der Waals surface area contributed by atoms with Crippen LogP contribution in [0.15, 0.2) is 35.5 Å². The van der Waals surface area contributed by atoms with E-state index in [1.807, 2.05) is 13.0 Å². The number of carbonyl (C=O) groups is 1. The van der Waals surface area contributed by atoms with Crippen LogP contribution in [0, 0.1) is 25.7 Å². The summed E-state index contributed by atoms with van der Waals surface area (Å²) in [6.45, 7) is 8.60. The van der Waals surface area contributed by atoms with E-state index in [1.165, 1.54) is 35.7 Å². The van der Waals surface area contributed by atoms with Crippen LogP contribution in [0.25, 0.3) is 5.78 Å². The zero-order valence-corrected chi connectivity index (χ0v) is 19.6. The van der Waals surface area contributed by atoms with Crippen molar-refractivity contribution in [3.63, 3.8) is 0 Å². The average molecular weight is 438 g/mol. The molecule has 3 unspecified atom stereocenters. The molecule has 1 fully saturated rings. The van der Waals surface area contributed by atoms with E-state index in [9.17, 15) is 4.79 Å². The number of fused-ring (bicyclic) bond motifs is 1. The van der Waals surface area contributed by atoms with Crippen molar-refractivity contribution < 1.29 is 4.79 Å². The van der Waals surface area contributed by atoms with E-state index in [0.29, 0.717) is 28.5 Å². The first-order valence-electron chi connectivity index (χ1n) is 11.1. The van der Waals surface area contributed by atoms with Gasteiger partial charge in [-0.1, -0.05) is 68.8 Å². The Hall–Kier alpha value is -2.41. The molecule has 1 amide bonds. The second-order valence-corrected chi connectivity index (χ2v) is 9.70. The summed E-state index contributed by atoms with van der Waals surface area (Å²) < 4.78 is 1.80. The van der Waals surface area contributed by atoms with Crippen LogP contribution in [0.3, 0.4) is 0 Å². The number of amides is 1. The summed E-state index contributed by atoms with van der Waals surface area (Å²) in [5.74, 6) is 2.15. The first-order valence-corrected chi connectivity index (χ1v) is 12.1. The maximum Gasteiger partial charge on any atom is 0.253 e. The fourth-order valence-corrected chi connectivity index (χ4v) is 5.10. The number of nitrogens with one attached hydrogen (secondary N) is 1. The van der Waals surface area contributed by atoms with Crippen molar-refractivity contribution in [3.05, 3.63) is 52.8 Å². The molecule has 3 aromatic rings. The third-order valence-corrected chi connectivity index (χ3v) is 7.48. The van der Waals surface area contributed by atoms with Gasteiger partial charge in [-0.15, -0.1) is 5.10 Å². The van der Waals surface area contributed by atoms with Crippen molar-refractivity contribution in [1.82, 2.24) is 24.9 Å². The van der Waals surface area contributed by atoms with Gasteiger partial charge in [0.2, 0.25) is 11.1 Å². The molecule has 4 rings (SSSR count). The molecule has 1 saturated carbocycles. The van der Waals surface area contributed by atoms with E-state index in [1.54, 1.807) is 4.52 Å². The number of aryl methyl sites for hydroxylation is 2. The molecule has 6 nitrogen and oxygen atoms in total. The normalized spacial score (nSPS) is 21.4. The summed E-state index contributed by atoms with van der Waals surface area (Å²) in [7, 11) is 0. The molecule has 3 atom stereocenters. The first kappa shape index (κ1) is 21.8. The van der Waals surface area contributed by atoms with Gasteiger partial charge in [0.15, 0.2) is 0 Å². The smallest absolute Gasteiger partial charge is 0.253 e. The Bertz CT molecular complexity index is 1060. The highest BCUT2D eigenvalue weighted by molar-refractivity contribution is 7.99. The lowest BCUT2D eigenvalue weighted by Crippen LogP contribution is -2.44. The maximum atomic E-state index is 12.5. The fraction of sp³-hybridized carbons (Fsp3) is 0.500. The van der Waals surface area contributed by atoms with Gasteiger partial charge >= 0.3 is 0 Å². The van der Waals surface area contributed by atoms with E-state index < -0.39 is 0 Å². The van der Waals surface area contributed by atoms with Crippen LogP contribution < -0.4 is 5.32 Å². The van der Waals surface area contributed by atoms with Crippen LogP contribution in [-0.2, 0) is 11.2 Å². The third-order valence-electron chi connectivity index (χ3n) is 6.64. The summed E-state index contributed by atoms with van der Waals surface area (Å²) in [6, 6.07) is 10.7. The molecular formula is C24H31N5OS. The van der Waals surface area contributed by atoms with Crippen LogP contribution in [0.4, 0.5) is 0 Å². The third kappa shape index (κ3) is 4.92. The molecule has 2 heterocycles. The van der Waals surface area contributed by atoms with Gasteiger partial charge in [-0.2, -0.15) is 4.98 Å². The van der Waals surface area contributed by atoms with E-state index in [0.717, 1.165) is 24.2 Å².